The first-order valence-corrected chi connectivity index (χ1v) is 2.53. The van der Waals surface area contributed by atoms with E-state index in [1.807, 2.05) is 0 Å². The summed E-state index contributed by atoms with van der Waals surface area (Å²) in [5.41, 5.74) is 0.413. The Morgan fingerprint density at radius 1 is 1.36 bits per heavy atom. The molecule has 11 heavy (non-hydrogen) atoms. The summed E-state index contributed by atoms with van der Waals surface area (Å²) in [7, 11) is 0. The number of aryl methyl sites for hydroxylation is 1. The number of rotatable bonds is 0. The van der Waals surface area contributed by atoms with Crippen LogP contribution in [0.5, 0.6) is 0 Å². The van der Waals surface area contributed by atoms with Crippen molar-refractivity contribution in [3.8, 4) is 0 Å². The van der Waals surface area contributed by atoms with Crippen LogP contribution in [0.3, 0.4) is 0 Å². The molecule has 1 aromatic rings. The Hall–Kier alpha value is 0.326. The molecule has 0 bridgehead atoms. The van der Waals surface area contributed by atoms with Crippen molar-refractivity contribution in [2.45, 2.75) is 6.92 Å². The maximum Gasteiger partial charge on any atom is 2.00 e. The van der Waals surface area contributed by atoms with Crippen molar-refractivity contribution < 1.29 is 25.8 Å². The number of halogens is 3. The topological polar surface area (TPSA) is 0 Å². The Bertz CT molecular complexity index is 228. The molecule has 0 aliphatic rings. The molecule has 0 aromatic heterocycles. The standard InChI is InChI=1S/C7H5F2.BrH.Mg/c1-5-2-3-6(8)4-7(5)9;;/h2,4H,1H3;1H;/q-1;;+2/p-1. The molecular formula is C7H5BrF2Mg. The fourth-order valence-electron chi connectivity index (χ4n) is 0.513. The first kappa shape index (κ1) is 13.9. The third-order valence-electron chi connectivity index (χ3n) is 1.06. The number of benzene rings is 1. The van der Waals surface area contributed by atoms with Crippen LogP contribution in [0.2, 0.25) is 0 Å². The van der Waals surface area contributed by atoms with Gasteiger partial charge in [-0.3, -0.25) is 0 Å². The van der Waals surface area contributed by atoms with E-state index in [4.69, 9.17) is 0 Å². The van der Waals surface area contributed by atoms with Gasteiger partial charge < -0.3 is 17.0 Å². The first-order valence-electron chi connectivity index (χ1n) is 2.53. The van der Waals surface area contributed by atoms with Crippen molar-refractivity contribution in [1.29, 1.82) is 0 Å². The predicted octanol–water partition coefficient (Wildman–Crippen LogP) is -1.30. The average molecular weight is 231 g/mol. The Morgan fingerprint density at radius 3 is 2.27 bits per heavy atom. The molecule has 56 valence electrons. The second-order valence-electron chi connectivity index (χ2n) is 1.81. The minimum Gasteiger partial charge on any atom is -1.00 e. The monoisotopic (exact) mass is 230 g/mol. The molecule has 0 fully saturated rings. The average Bonchev–Trinajstić information content (AvgIpc) is 1.80. The third kappa shape index (κ3) is 4.03. The van der Waals surface area contributed by atoms with Crippen molar-refractivity contribution in [2.75, 3.05) is 0 Å². The van der Waals surface area contributed by atoms with E-state index in [0.717, 1.165) is 6.07 Å². The molecule has 0 N–H and O–H groups in total. The van der Waals surface area contributed by atoms with Crippen LogP contribution in [-0.2, 0) is 0 Å². The van der Waals surface area contributed by atoms with Gasteiger partial charge in [-0.1, -0.05) is 6.92 Å². The second kappa shape index (κ2) is 5.91. The van der Waals surface area contributed by atoms with Crippen LogP contribution in [0.1, 0.15) is 5.56 Å². The Balaban J connectivity index is 0. The van der Waals surface area contributed by atoms with E-state index < -0.39 is 11.6 Å². The van der Waals surface area contributed by atoms with Crippen molar-refractivity contribution in [3.63, 3.8) is 0 Å². The molecule has 1 rings (SSSR count). The van der Waals surface area contributed by atoms with Crippen LogP contribution in [0.15, 0.2) is 12.1 Å². The molecule has 0 atom stereocenters. The molecule has 0 heterocycles. The van der Waals surface area contributed by atoms with Crippen LogP contribution in [-0.4, -0.2) is 23.1 Å². The summed E-state index contributed by atoms with van der Waals surface area (Å²) >= 11 is 0. The van der Waals surface area contributed by atoms with Gasteiger partial charge in [0.1, 0.15) is 0 Å². The molecule has 0 saturated carbocycles. The minimum absolute atomic E-state index is 0. The van der Waals surface area contributed by atoms with E-state index in [1.165, 1.54) is 6.07 Å². The van der Waals surface area contributed by atoms with Crippen molar-refractivity contribution in [2.24, 2.45) is 0 Å². The molecule has 0 aliphatic carbocycles. The molecule has 0 aliphatic heterocycles. The zero-order chi connectivity index (χ0) is 6.85. The predicted molar refractivity (Wildman–Crippen MR) is 35.7 cm³/mol. The Labute approximate surface area is 90.9 Å². The van der Waals surface area contributed by atoms with Gasteiger partial charge in [-0.2, -0.15) is 6.07 Å². The van der Waals surface area contributed by atoms with E-state index in [1.54, 1.807) is 6.92 Å². The molecule has 0 radical (unpaired) electrons. The molecule has 0 unspecified atom stereocenters. The van der Waals surface area contributed by atoms with Gasteiger partial charge >= 0.3 is 23.1 Å². The molecule has 0 amide bonds. The fraction of sp³-hybridized carbons (Fsp3) is 0.143. The summed E-state index contributed by atoms with van der Waals surface area (Å²) < 4.78 is 24.4. The van der Waals surface area contributed by atoms with E-state index in [2.05, 4.69) is 6.07 Å². The molecule has 0 saturated heterocycles. The summed E-state index contributed by atoms with van der Waals surface area (Å²) in [5.74, 6) is -1.18. The maximum atomic E-state index is 12.3. The normalized spacial score (nSPS) is 7.91. The molecule has 1 aromatic carbocycles. The zero-order valence-corrected chi connectivity index (χ0v) is 9.00. The van der Waals surface area contributed by atoms with Crippen LogP contribution in [0.4, 0.5) is 8.78 Å². The first-order chi connectivity index (χ1) is 4.20. The van der Waals surface area contributed by atoms with Crippen LogP contribution in [0.25, 0.3) is 0 Å². The minimum atomic E-state index is -0.655. The number of hydrogen-bond acceptors (Lipinski definition) is 0. The van der Waals surface area contributed by atoms with E-state index in [0.29, 0.717) is 5.56 Å². The summed E-state index contributed by atoms with van der Waals surface area (Å²) in [6, 6.07) is 4.33. The Kier molecular flexibility index (Phi) is 7.46. The van der Waals surface area contributed by atoms with E-state index in [9.17, 15) is 8.78 Å². The van der Waals surface area contributed by atoms with Crippen LogP contribution < -0.4 is 17.0 Å². The smallest absolute Gasteiger partial charge is 1.00 e. The van der Waals surface area contributed by atoms with Gasteiger partial charge in [-0.05, 0) is 0 Å². The van der Waals surface area contributed by atoms with Gasteiger partial charge in [-0.25, -0.2) is 8.78 Å². The summed E-state index contributed by atoms with van der Waals surface area (Å²) in [6.45, 7) is 1.56. The summed E-state index contributed by atoms with van der Waals surface area (Å²) in [4.78, 5) is 0. The zero-order valence-electron chi connectivity index (χ0n) is 6.00. The van der Waals surface area contributed by atoms with Gasteiger partial charge in [0.05, 0.1) is 0 Å². The number of hydrogen-bond donors (Lipinski definition) is 0. The van der Waals surface area contributed by atoms with E-state index in [-0.39, 0.29) is 40.0 Å². The van der Waals surface area contributed by atoms with Gasteiger partial charge in [0.2, 0.25) is 0 Å². The van der Waals surface area contributed by atoms with Crippen LogP contribution >= 0.6 is 0 Å². The summed E-state index contributed by atoms with van der Waals surface area (Å²) in [6.07, 6.45) is 0. The van der Waals surface area contributed by atoms with Crippen LogP contribution in [0, 0.1) is 24.6 Å². The van der Waals surface area contributed by atoms with Crippen molar-refractivity contribution >= 4 is 23.1 Å². The third-order valence-corrected chi connectivity index (χ3v) is 1.06. The molecule has 4 heteroatoms. The molecule has 0 spiro atoms. The second-order valence-corrected chi connectivity index (χ2v) is 1.81. The SMILES string of the molecule is Cc1c[c-]c(F)cc1F.[Br-].[Mg+2]. The summed E-state index contributed by atoms with van der Waals surface area (Å²) in [5, 5.41) is 0. The maximum absolute atomic E-state index is 12.3. The van der Waals surface area contributed by atoms with Gasteiger partial charge in [0.15, 0.2) is 0 Å². The molecule has 0 nitrogen and oxygen atoms in total. The van der Waals surface area contributed by atoms with Crippen molar-refractivity contribution in [1.82, 2.24) is 0 Å². The molecular weight excluding hydrogens is 226 g/mol. The van der Waals surface area contributed by atoms with Gasteiger partial charge in [-0.15, -0.1) is 17.7 Å². The fourth-order valence-corrected chi connectivity index (χ4v) is 0.513. The van der Waals surface area contributed by atoms with E-state index >= 15 is 0 Å². The quantitative estimate of drug-likeness (QED) is 0.384. The van der Waals surface area contributed by atoms with Crippen molar-refractivity contribution in [3.05, 3.63) is 35.4 Å². The van der Waals surface area contributed by atoms with Gasteiger partial charge in [0.25, 0.3) is 0 Å². The van der Waals surface area contributed by atoms with Gasteiger partial charge in [0, 0.05) is 11.6 Å². The largest absolute Gasteiger partial charge is 2.00 e. The Morgan fingerprint density at radius 2 is 1.91 bits per heavy atom.